The largest absolute Gasteiger partial charge is 0.389 e. The van der Waals surface area contributed by atoms with Gasteiger partial charge in [-0.25, -0.2) is 8.78 Å². The van der Waals surface area contributed by atoms with Crippen LogP contribution in [0.3, 0.4) is 0 Å². The number of aromatic amines is 1. The van der Waals surface area contributed by atoms with Gasteiger partial charge in [0.2, 0.25) is 0 Å². The monoisotopic (exact) mass is 238 g/mol. The number of hydrogen-bond acceptors (Lipinski definition) is 2. The molecule has 0 fully saturated rings. The number of aromatic nitrogens is 2. The second-order valence-corrected chi connectivity index (χ2v) is 3.96. The van der Waals surface area contributed by atoms with Crippen LogP contribution in [0.25, 0.3) is 11.3 Å². The summed E-state index contributed by atoms with van der Waals surface area (Å²) in [4.78, 5) is 0. The molecule has 2 N–H and O–H groups in total. The molecule has 0 aliphatic heterocycles. The van der Waals surface area contributed by atoms with E-state index < -0.39 is 17.7 Å². The molecule has 3 nitrogen and oxygen atoms in total. The zero-order valence-corrected chi connectivity index (χ0v) is 9.46. The van der Waals surface area contributed by atoms with Gasteiger partial charge in [-0.2, -0.15) is 5.10 Å². The normalized spacial score (nSPS) is 12.8. The van der Waals surface area contributed by atoms with E-state index in [4.69, 9.17) is 0 Å². The summed E-state index contributed by atoms with van der Waals surface area (Å²) >= 11 is 0. The number of halogens is 2. The van der Waals surface area contributed by atoms with Crippen LogP contribution in [0.2, 0.25) is 0 Å². The summed E-state index contributed by atoms with van der Waals surface area (Å²) in [6.45, 7) is 3.26. The molecule has 90 valence electrons. The maximum atomic E-state index is 13.2. The van der Waals surface area contributed by atoms with Crippen LogP contribution >= 0.6 is 0 Å². The molecule has 0 bridgehead atoms. The van der Waals surface area contributed by atoms with Crippen LogP contribution < -0.4 is 0 Å². The summed E-state index contributed by atoms with van der Waals surface area (Å²) in [7, 11) is 0. The molecular formula is C12H12F2N2O. The van der Waals surface area contributed by atoms with Gasteiger partial charge in [-0.1, -0.05) is 0 Å². The SMILES string of the molecule is Cc1cc(F)c(F)cc1-c1[nH]ncc1[C@H](C)O. The number of hydrogen-bond donors (Lipinski definition) is 2. The topological polar surface area (TPSA) is 48.9 Å². The molecule has 1 aromatic heterocycles. The van der Waals surface area contributed by atoms with Gasteiger partial charge in [0.1, 0.15) is 0 Å². The van der Waals surface area contributed by atoms with E-state index in [0.29, 0.717) is 22.4 Å². The number of nitrogens with zero attached hydrogens (tertiary/aromatic N) is 1. The Morgan fingerprint density at radius 2 is 1.94 bits per heavy atom. The highest BCUT2D eigenvalue weighted by molar-refractivity contribution is 5.66. The maximum Gasteiger partial charge on any atom is 0.159 e. The molecule has 0 amide bonds. The maximum absolute atomic E-state index is 13.2. The number of benzene rings is 1. The molecule has 0 aliphatic carbocycles. The van der Waals surface area contributed by atoms with Crippen LogP contribution in [0.5, 0.6) is 0 Å². The van der Waals surface area contributed by atoms with Gasteiger partial charge in [-0.3, -0.25) is 5.10 Å². The van der Waals surface area contributed by atoms with Crippen molar-refractivity contribution in [2.75, 3.05) is 0 Å². The first-order valence-corrected chi connectivity index (χ1v) is 5.18. The average molecular weight is 238 g/mol. The van der Waals surface area contributed by atoms with Gasteiger partial charge in [0.05, 0.1) is 18.0 Å². The highest BCUT2D eigenvalue weighted by Gasteiger charge is 2.16. The first-order chi connectivity index (χ1) is 8.00. The van der Waals surface area contributed by atoms with E-state index in [0.717, 1.165) is 12.1 Å². The molecule has 1 aromatic carbocycles. The summed E-state index contributed by atoms with van der Waals surface area (Å²) < 4.78 is 26.2. The third-order valence-electron chi connectivity index (χ3n) is 2.66. The lowest BCUT2D eigenvalue weighted by Gasteiger charge is -2.09. The van der Waals surface area contributed by atoms with Crippen molar-refractivity contribution < 1.29 is 13.9 Å². The minimum Gasteiger partial charge on any atom is -0.389 e. The van der Waals surface area contributed by atoms with Gasteiger partial charge >= 0.3 is 0 Å². The Kier molecular flexibility index (Phi) is 2.93. The quantitative estimate of drug-likeness (QED) is 0.845. The van der Waals surface area contributed by atoms with Crippen molar-refractivity contribution in [1.82, 2.24) is 10.2 Å². The van der Waals surface area contributed by atoms with Crippen LogP contribution in [-0.2, 0) is 0 Å². The lowest BCUT2D eigenvalue weighted by Crippen LogP contribution is -1.96. The predicted octanol–water partition coefficient (Wildman–Crippen LogP) is 2.72. The Morgan fingerprint density at radius 3 is 2.59 bits per heavy atom. The highest BCUT2D eigenvalue weighted by atomic mass is 19.2. The third kappa shape index (κ3) is 2.06. The molecule has 2 aromatic rings. The number of nitrogens with one attached hydrogen (secondary N) is 1. The zero-order valence-electron chi connectivity index (χ0n) is 9.46. The van der Waals surface area contributed by atoms with Crippen molar-refractivity contribution in [3.8, 4) is 11.3 Å². The molecule has 0 saturated carbocycles. The van der Waals surface area contributed by atoms with Crippen molar-refractivity contribution in [2.24, 2.45) is 0 Å². The van der Waals surface area contributed by atoms with Crippen molar-refractivity contribution in [3.05, 3.63) is 41.1 Å². The number of H-pyrrole nitrogens is 1. The molecule has 1 heterocycles. The van der Waals surface area contributed by atoms with Gasteiger partial charge in [0, 0.05) is 11.1 Å². The minimum atomic E-state index is -0.920. The second-order valence-electron chi connectivity index (χ2n) is 3.96. The lowest BCUT2D eigenvalue weighted by atomic mass is 10.0. The molecule has 0 unspecified atom stereocenters. The van der Waals surface area contributed by atoms with Gasteiger partial charge < -0.3 is 5.11 Å². The average Bonchev–Trinajstić information content (AvgIpc) is 2.72. The summed E-state index contributed by atoms with van der Waals surface area (Å²) in [5.74, 6) is -1.80. The Labute approximate surface area is 97.1 Å². The molecule has 1 atom stereocenters. The molecule has 5 heteroatoms. The fraction of sp³-hybridized carbons (Fsp3) is 0.250. The summed E-state index contributed by atoms with van der Waals surface area (Å²) in [6.07, 6.45) is 0.747. The molecule has 2 rings (SSSR count). The third-order valence-corrected chi connectivity index (χ3v) is 2.66. The van der Waals surface area contributed by atoms with Crippen molar-refractivity contribution >= 4 is 0 Å². The van der Waals surface area contributed by atoms with E-state index in [2.05, 4.69) is 10.2 Å². The van der Waals surface area contributed by atoms with Crippen LogP contribution in [0.4, 0.5) is 8.78 Å². The summed E-state index contributed by atoms with van der Waals surface area (Å²) in [5.41, 5.74) is 2.14. The molecule has 0 aliphatic rings. The molecule has 0 saturated heterocycles. The van der Waals surface area contributed by atoms with E-state index in [-0.39, 0.29) is 0 Å². The number of aryl methyl sites for hydroxylation is 1. The first-order valence-electron chi connectivity index (χ1n) is 5.18. The fourth-order valence-corrected chi connectivity index (χ4v) is 1.74. The molecule has 0 spiro atoms. The van der Waals surface area contributed by atoms with Crippen molar-refractivity contribution in [2.45, 2.75) is 20.0 Å². The van der Waals surface area contributed by atoms with E-state index in [1.54, 1.807) is 13.8 Å². The second kappa shape index (κ2) is 4.25. The Bertz CT molecular complexity index is 549. The molecule has 17 heavy (non-hydrogen) atoms. The Hall–Kier alpha value is -1.75. The van der Waals surface area contributed by atoms with Crippen LogP contribution in [0, 0.1) is 18.6 Å². The smallest absolute Gasteiger partial charge is 0.159 e. The van der Waals surface area contributed by atoms with Gasteiger partial charge in [-0.15, -0.1) is 0 Å². The first kappa shape index (κ1) is 11.7. The molecule has 0 radical (unpaired) electrons. The number of rotatable bonds is 2. The Morgan fingerprint density at radius 1 is 1.29 bits per heavy atom. The molecular weight excluding hydrogens is 226 g/mol. The summed E-state index contributed by atoms with van der Waals surface area (Å²) in [6, 6.07) is 2.22. The van der Waals surface area contributed by atoms with Gasteiger partial charge in [-0.05, 0) is 31.5 Å². The number of aliphatic hydroxyl groups is 1. The van der Waals surface area contributed by atoms with E-state index in [1.165, 1.54) is 6.20 Å². The Balaban J connectivity index is 2.60. The fourth-order valence-electron chi connectivity index (χ4n) is 1.74. The summed E-state index contributed by atoms with van der Waals surface area (Å²) in [5, 5.41) is 16.0. The van der Waals surface area contributed by atoms with E-state index >= 15 is 0 Å². The number of aliphatic hydroxyl groups excluding tert-OH is 1. The van der Waals surface area contributed by atoms with Crippen molar-refractivity contribution in [3.63, 3.8) is 0 Å². The zero-order chi connectivity index (χ0) is 12.6. The minimum absolute atomic E-state index is 0.498. The van der Waals surface area contributed by atoms with Crippen LogP contribution in [0.1, 0.15) is 24.2 Å². The van der Waals surface area contributed by atoms with Crippen molar-refractivity contribution in [1.29, 1.82) is 0 Å². The highest BCUT2D eigenvalue weighted by Crippen LogP contribution is 2.29. The predicted molar refractivity (Wildman–Crippen MR) is 59.3 cm³/mol. The van der Waals surface area contributed by atoms with E-state index in [1.807, 2.05) is 0 Å². The van der Waals surface area contributed by atoms with Crippen LogP contribution in [0.15, 0.2) is 18.3 Å². The standard InChI is InChI=1S/C12H12F2N2O/c1-6-3-10(13)11(14)4-8(6)12-9(7(2)17)5-15-16-12/h3-5,7,17H,1-2H3,(H,15,16)/t7-/m0/s1. The lowest BCUT2D eigenvalue weighted by molar-refractivity contribution is 0.200. The van der Waals surface area contributed by atoms with Gasteiger partial charge in [0.25, 0.3) is 0 Å². The van der Waals surface area contributed by atoms with E-state index in [9.17, 15) is 13.9 Å². The van der Waals surface area contributed by atoms with Crippen LogP contribution in [-0.4, -0.2) is 15.3 Å². The van der Waals surface area contributed by atoms with Gasteiger partial charge in [0.15, 0.2) is 11.6 Å².